The second-order valence-corrected chi connectivity index (χ2v) is 10.6. The predicted molar refractivity (Wildman–Crippen MR) is 132 cm³/mol. The lowest BCUT2D eigenvalue weighted by Gasteiger charge is -2.12. The van der Waals surface area contributed by atoms with Gasteiger partial charge in [0, 0.05) is 32.2 Å². The van der Waals surface area contributed by atoms with Crippen molar-refractivity contribution in [2.45, 2.75) is 31.3 Å². The zero-order chi connectivity index (χ0) is 24.5. The van der Waals surface area contributed by atoms with Crippen molar-refractivity contribution in [1.29, 1.82) is 0 Å². The smallest absolute Gasteiger partial charge is 0.252 e. The van der Waals surface area contributed by atoms with Gasteiger partial charge in [-0.1, -0.05) is 42.5 Å². The van der Waals surface area contributed by atoms with E-state index in [1.165, 1.54) is 18.4 Å². The van der Waals surface area contributed by atoms with Crippen molar-refractivity contribution in [3.63, 3.8) is 0 Å². The van der Waals surface area contributed by atoms with Crippen LogP contribution in [0.2, 0.25) is 0 Å². The van der Waals surface area contributed by atoms with E-state index in [0.717, 1.165) is 11.1 Å². The zero-order valence-corrected chi connectivity index (χ0v) is 20.4. The fourth-order valence-electron chi connectivity index (χ4n) is 3.61. The summed E-state index contributed by atoms with van der Waals surface area (Å²) >= 11 is 0. The highest BCUT2D eigenvalue weighted by Crippen LogP contribution is 2.26. The van der Waals surface area contributed by atoms with Gasteiger partial charge in [0.15, 0.2) is 5.65 Å². The number of nitrogens with one attached hydrogen (secondary N) is 1. The number of pyridine rings is 1. The molecule has 2 aromatic carbocycles. The van der Waals surface area contributed by atoms with Crippen LogP contribution in [0.4, 0.5) is 0 Å². The van der Waals surface area contributed by atoms with E-state index in [1.807, 2.05) is 48.9 Å². The van der Waals surface area contributed by atoms with Crippen molar-refractivity contribution in [1.82, 2.24) is 24.4 Å². The van der Waals surface area contributed by atoms with Crippen LogP contribution in [0.5, 0.6) is 0 Å². The first-order valence-corrected chi connectivity index (χ1v) is 12.4. The average molecular weight is 478 g/mol. The fraction of sp³-hybridized carbons (Fsp3) is 0.240. The van der Waals surface area contributed by atoms with E-state index in [-0.39, 0.29) is 23.4 Å². The van der Waals surface area contributed by atoms with Crippen molar-refractivity contribution in [3.05, 3.63) is 78.0 Å². The van der Waals surface area contributed by atoms with Crippen molar-refractivity contribution in [3.8, 4) is 11.3 Å². The highest BCUT2D eigenvalue weighted by Gasteiger charge is 2.19. The lowest BCUT2D eigenvalue weighted by Crippen LogP contribution is -2.24. The van der Waals surface area contributed by atoms with E-state index in [2.05, 4.69) is 10.4 Å². The van der Waals surface area contributed by atoms with E-state index < -0.39 is 10.0 Å². The molecule has 0 spiro atoms. The summed E-state index contributed by atoms with van der Waals surface area (Å²) in [5, 5.41) is 8.07. The molecular weight excluding hydrogens is 450 g/mol. The number of sulfonamides is 1. The average Bonchev–Trinajstić information content (AvgIpc) is 3.27. The molecule has 2 heterocycles. The lowest BCUT2D eigenvalue weighted by atomic mass is 10.1. The number of amides is 1. The molecule has 0 aliphatic carbocycles. The van der Waals surface area contributed by atoms with Gasteiger partial charge in [0.2, 0.25) is 10.0 Å². The maximum atomic E-state index is 13.2. The summed E-state index contributed by atoms with van der Waals surface area (Å²) < 4.78 is 27.5. The molecule has 1 amide bonds. The monoisotopic (exact) mass is 477 g/mol. The van der Waals surface area contributed by atoms with Gasteiger partial charge in [-0.15, -0.1) is 0 Å². The van der Waals surface area contributed by atoms with Crippen LogP contribution >= 0.6 is 0 Å². The summed E-state index contributed by atoms with van der Waals surface area (Å²) in [7, 11) is -0.518. The Balaban J connectivity index is 1.63. The Labute approximate surface area is 199 Å². The van der Waals surface area contributed by atoms with Gasteiger partial charge in [0.25, 0.3) is 5.91 Å². The molecule has 0 radical (unpaired) electrons. The van der Waals surface area contributed by atoms with E-state index in [4.69, 9.17) is 4.98 Å². The van der Waals surface area contributed by atoms with E-state index in [9.17, 15) is 13.2 Å². The van der Waals surface area contributed by atoms with E-state index in [1.54, 1.807) is 36.5 Å². The Kier molecular flexibility index (Phi) is 6.49. The summed E-state index contributed by atoms with van der Waals surface area (Å²) in [6.07, 6.45) is 1.67. The molecule has 1 N–H and O–H groups in total. The third kappa shape index (κ3) is 4.57. The molecule has 176 valence electrons. The molecule has 4 rings (SSSR count). The number of rotatable bonds is 7. The van der Waals surface area contributed by atoms with Crippen LogP contribution < -0.4 is 5.32 Å². The first-order valence-electron chi connectivity index (χ1n) is 10.9. The quantitative estimate of drug-likeness (QED) is 0.436. The summed E-state index contributed by atoms with van der Waals surface area (Å²) in [6.45, 7) is 4.29. The van der Waals surface area contributed by atoms with Crippen molar-refractivity contribution < 1.29 is 13.2 Å². The highest BCUT2D eigenvalue weighted by molar-refractivity contribution is 7.89. The lowest BCUT2D eigenvalue weighted by molar-refractivity contribution is 0.0952. The van der Waals surface area contributed by atoms with Crippen LogP contribution in [-0.2, 0) is 16.6 Å². The number of fused-ring (bicyclic) bond motifs is 1. The summed E-state index contributed by atoms with van der Waals surface area (Å²) in [5.74, 6) is -0.252. The number of hydrogen-bond donors (Lipinski definition) is 1. The van der Waals surface area contributed by atoms with Gasteiger partial charge >= 0.3 is 0 Å². The van der Waals surface area contributed by atoms with Gasteiger partial charge < -0.3 is 5.32 Å². The minimum Gasteiger partial charge on any atom is -0.348 e. The third-order valence-corrected chi connectivity index (χ3v) is 7.35. The third-order valence-electron chi connectivity index (χ3n) is 5.53. The van der Waals surface area contributed by atoms with Gasteiger partial charge in [-0.05, 0) is 37.6 Å². The van der Waals surface area contributed by atoms with Crippen LogP contribution in [0, 0.1) is 0 Å². The van der Waals surface area contributed by atoms with Crippen LogP contribution in [0.3, 0.4) is 0 Å². The minimum atomic E-state index is -3.50. The molecule has 4 aromatic rings. The second-order valence-electron chi connectivity index (χ2n) is 8.46. The Morgan fingerprint density at radius 3 is 2.35 bits per heavy atom. The Morgan fingerprint density at radius 1 is 1.06 bits per heavy atom. The zero-order valence-electron chi connectivity index (χ0n) is 19.6. The SMILES string of the molecule is CC(C)n1ncc2c(C(=O)NCc3ccc(S(=O)(=O)N(C)C)cc3)cc(-c3ccccc3)nc21. The molecule has 0 aliphatic rings. The van der Waals surface area contributed by atoms with E-state index >= 15 is 0 Å². The van der Waals surface area contributed by atoms with Gasteiger partial charge in [-0.25, -0.2) is 22.4 Å². The number of carbonyl (C=O) groups is 1. The molecule has 9 heteroatoms. The second kappa shape index (κ2) is 9.36. The molecule has 8 nitrogen and oxygen atoms in total. The van der Waals surface area contributed by atoms with Crippen LogP contribution in [0.25, 0.3) is 22.3 Å². The van der Waals surface area contributed by atoms with Gasteiger partial charge in [-0.3, -0.25) is 4.79 Å². The molecule has 0 saturated carbocycles. The number of carbonyl (C=O) groups excluding carboxylic acids is 1. The van der Waals surface area contributed by atoms with Gasteiger partial charge in [0.1, 0.15) is 0 Å². The molecule has 0 atom stereocenters. The summed E-state index contributed by atoms with van der Waals surface area (Å²) in [4.78, 5) is 18.2. The Bertz CT molecular complexity index is 1430. The molecular formula is C25H27N5O3S. The first kappa shape index (κ1) is 23.6. The Hall–Kier alpha value is -3.56. The molecule has 34 heavy (non-hydrogen) atoms. The van der Waals surface area contributed by atoms with Gasteiger partial charge in [0.05, 0.1) is 27.7 Å². The maximum absolute atomic E-state index is 13.2. The normalized spacial score (nSPS) is 11.9. The molecule has 0 fully saturated rings. The largest absolute Gasteiger partial charge is 0.348 e. The van der Waals surface area contributed by atoms with E-state index in [0.29, 0.717) is 22.3 Å². The number of hydrogen-bond acceptors (Lipinski definition) is 5. The highest BCUT2D eigenvalue weighted by atomic mass is 32.2. The minimum absolute atomic E-state index is 0.0869. The molecule has 0 saturated heterocycles. The van der Waals surface area contributed by atoms with Crippen LogP contribution in [0.1, 0.15) is 35.8 Å². The topological polar surface area (TPSA) is 97.2 Å². The molecule has 0 unspecified atom stereocenters. The first-order chi connectivity index (χ1) is 16.2. The van der Waals surface area contributed by atoms with Gasteiger partial charge in [-0.2, -0.15) is 5.10 Å². The number of nitrogens with zero attached hydrogens (tertiary/aromatic N) is 4. The Morgan fingerprint density at radius 2 is 1.74 bits per heavy atom. The van der Waals surface area contributed by atoms with Crippen molar-refractivity contribution in [2.24, 2.45) is 0 Å². The number of benzene rings is 2. The summed E-state index contributed by atoms with van der Waals surface area (Å²) in [6, 6.07) is 18.1. The molecule has 2 aromatic heterocycles. The standard InChI is InChI=1S/C25H27N5O3S/c1-17(2)30-24-22(16-27-30)21(14-23(28-24)19-8-6-5-7-9-19)25(31)26-15-18-10-12-20(13-11-18)34(32,33)29(3)4/h5-14,16-17H,15H2,1-4H3,(H,26,31). The maximum Gasteiger partial charge on any atom is 0.252 e. The number of aromatic nitrogens is 3. The van der Waals surface area contributed by atoms with Crippen LogP contribution in [0.15, 0.2) is 71.8 Å². The summed E-state index contributed by atoms with van der Waals surface area (Å²) in [5.41, 5.74) is 3.53. The van der Waals surface area contributed by atoms with Crippen LogP contribution in [-0.4, -0.2) is 47.5 Å². The van der Waals surface area contributed by atoms with Crippen molar-refractivity contribution in [2.75, 3.05) is 14.1 Å². The molecule has 0 aliphatic heterocycles. The van der Waals surface area contributed by atoms with Crippen molar-refractivity contribution >= 4 is 27.0 Å². The fourth-order valence-corrected chi connectivity index (χ4v) is 4.51. The molecule has 0 bridgehead atoms. The predicted octanol–water partition coefficient (Wildman–Crippen LogP) is 3.86.